The molecular weight excluding hydrogens is 410 g/mol. The van der Waals surface area contributed by atoms with Gasteiger partial charge in [-0.25, -0.2) is 0 Å². The first kappa shape index (κ1) is 21.8. The minimum Gasteiger partial charge on any atom is -0.491 e. The first-order valence-electron chi connectivity index (χ1n) is 7.94. The van der Waals surface area contributed by atoms with E-state index in [-0.39, 0.29) is 29.4 Å². The fourth-order valence-corrected chi connectivity index (χ4v) is 3.33. The van der Waals surface area contributed by atoms with Gasteiger partial charge in [0.25, 0.3) is 20.2 Å². The van der Waals surface area contributed by atoms with Crippen molar-refractivity contribution in [3.8, 4) is 5.75 Å². The molecule has 2 aromatic carbocycles. The van der Waals surface area contributed by atoms with Crippen LogP contribution in [0.4, 0.5) is 17.1 Å². The SMILES string of the molecule is Cc1cc(N)c(OCCCS(=O)(=O)O)cc1N=Nc1ccccc1S(=O)(=O)O. The smallest absolute Gasteiger partial charge is 0.296 e. The van der Waals surface area contributed by atoms with Crippen LogP contribution in [0.25, 0.3) is 0 Å². The molecule has 0 spiro atoms. The molecule has 0 unspecified atom stereocenters. The van der Waals surface area contributed by atoms with Crippen molar-refractivity contribution in [3.05, 3.63) is 42.0 Å². The van der Waals surface area contributed by atoms with Gasteiger partial charge in [0, 0.05) is 6.07 Å². The molecule has 10 nitrogen and oxygen atoms in total. The van der Waals surface area contributed by atoms with Crippen LogP contribution in [0.1, 0.15) is 12.0 Å². The van der Waals surface area contributed by atoms with Crippen LogP contribution in [0, 0.1) is 6.92 Å². The van der Waals surface area contributed by atoms with Crippen LogP contribution < -0.4 is 10.5 Å². The third kappa shape index (κ3) is 6.27. The number of nitrogen functional groups attached to an aromatic ring is 1. The van der Waals surface area contributed by atoms with Gasteiger partial charge in [-0.2, -0.15) is 21.9 Å². The van der Waals surface area contributed by atoms with Gasteiger partial charge in [-0.05, 0) is 37.1 Å². The average molecular weight is 429 g/mol. The molecule has 0 fully saturated rings. The zero-order valence-electron chi connectivity index (χ0n) is 14.8. The quantitative estimate of drug-likeness (QED) is 0.249. The maximum absolute atomic E-state index is 11.4. The van der Waals surface area contributed by atoms with Crippen molar-refractivity contribution in [2.24, 2.45) is 10.2 Å². The molecule has 0 saturated carbocycles. The molecule has 0 aliphatic heterocycles. The normalized spacial score (nSPS) is 12.4. The lowest BCUT2D eigenvalue weighted by Gasteiger charge is -2.11. The van der Waals surface area contributed by atoms with Gasteiger partial charge in [0.15, 0.2) is 0 Å². The third-order valence-corrected chi connectivity index (χ3v) is 5.25. The highest BCUT2D eigenvalue weighted by Crippen LogP contribution is 2.33. The number of hydrogen-bond acceptors (Lipinski definition) is 8. The van der Waals surface area contributed by atoms with Crippen molar-refractivity contribution in [1.82, 2.24) is 0 Å². The zero-order valence-corrected chi connectivity index (χ0v) is 16.4. The van der Waals surface area contributed by atoms with Crippen molar-refractivity contribution in [1.29, 1.82) is 0 Å². The maximum Gasteiger partial charge on any atom is 0.296 e. The Bertz CT molecular complexity index is 1100. The highest BCUT2D eigenvalue weighted by molar-refractivity contribution is 7.86. The number of azo groups is 1. The van der Waals surface area contributed by atoms with E-state index in [0.717, 1.165) is 0 Å². The van der Waals surface area contributed by atoms with Gasteiger partial charge < -0.3 is 10.5 Å². The second-order valence-electron chi connectivity index (χ2n) is 5.81. The van der Waals surface area contributed by atoms with E-state index >= 15 is 0 Å². The summed E-state index contributed by atoms with van der Waals surface area (Å²) in [6, 6.07) is 8.60. The summed E-state index contributed by atoms with van der Waals surface area (Å²) in [7, 11) is -8.53. The van der Waals surface area contributed by atoms with Crippen LogP contribution in [0.3, 0.4) is 0 Å². The fraction of sp³-hybridized carbons (Fsp3) is 0.250. The second-order valence-corrected chi connectivity index (χ2v) is 8.77. The molecule has 0 aliphatic carbocycles. The number of nitrogens with two attached hydrogens (primary N) is 1. The van der Waals surface area contributed by atoms with Crippen molar-refractivity contribution < 1.29 is 30.7 Å². The zero-order chi connectivity index (χ0) is 20.9. The lowest BCUT2D eigenvalue weighted by molar-refractivity contribution is 0.318. The van der Waals surface area contributed by atoms with Gasteiger partial charge in [-0.1, -0.05) is 12.1 Å². The Morgan fingerprint density at radius 1 is 1.04 bits per heavy atom. The maximum atomic E-state index is 11.4. The molecule has 12 heteroatoms. The topological polar surface area (TPSA) is 169 Å². The van der Waals surface area contributed by atoms with E-state index in [4.69, 9.17) is 15.0 Å². The number of ether oxygens (including phenoxy) is 1. The number of rotatable bonds is 8. The molecule has 2 aromatic rings. The Morgan fingerprint density at radius 2 is 1.68 bits per heavy atom. The molecule has 0 bridgehead atoms. The predicted molar refractivity (Wildman–Crippen MR) is 103 cm³/mol. The Labute approximate surface area is 162 Å². The number of nitrogens with zero attached hydrogens (tertiary/aromatic N) is 2. The first-order valence-corrected chi connectivity index (χ1v) is 11.0. The Hall–Kier alpha value is -2.54. The summed E-state index contributed by atoms with van der Waals surface area (Å²) in [5.41, 5.74) is 7.09. The first-order chi connectivity index (χ1) is 13.0. The summed E-state index contributed by atoms with van der Waals surface area (Å²) in [5, 5.41) is 7.88. The summed E-state index contributed by atoms with van der Waals surface area (Å²) >= 11 is 0. The highest BCUT2D eigenvalue weighted by Gasteiger charge is 2.15. The number of benzene rings is 2. The largest absolute Gasteiger partial charge is 0.491 e. The summed E-state index contributed by atoms with van der Waals surface area (Å²) in [5.74, 6) is -0.212. The minimum absolute atomic E-state index is 0.00474. The van der Waals surface area contributed by atoms with Crippen LogP contribution in [0.15, 0.2) is 51.5 Å². The van der Waals surface area contributed by atoms with E-state index in [1.54, 1.807) is 19.1 Å². The Kier molecular flexibility index (Phi) is 6.72. The standard InChI is InChI=1S/C16H19N3O7S2/c1-11-9-12(17)15(26-7-4-8-27(20,21)22)10-14(11)19-18-13-5-2-3-6-16(13)28(23,24)25/h2-3,5-6,9-10H,4,7-8,17H2,1H3,(H,20,21,22)(H,23,24,25). The minimum atomic E-state index is -4.46. The van der Waals surface area contributed by atoms with E-state index in [9.17, 15) is 21.4 Å². The molecule has 0 aromatic heterocycles. The van der Waals surface area contributed by atoms with Gasteiger partial charge in [-0.3, -0.25) is 9.11 Å². The molecule has 0 saturated heterocycles. The van der Waals surface area contributed by atoms with E-state index < -0.39 is 26.0 Å². The molecule has 152 valence electrons. The van der Waals surface area contributed by atoms with Crippen LogP contribution >= 0.6 is 0 Å². The molecule has 4 N–H and O–H groups in total. The van der Waals surface area contributed by atoms with Gasteiger partial charge in [0.05, 0.1) is 23.7 Å². The average Bonchev–Trinajstić information content (AvgIpc) is 2.58. The third-order valence-electron chi connectivity index (χ3n) is 3.54. The molecule has 0 radical (unpaired) electrons. The lowest BCUT2D eigenvalue weighted by atomic mass is 10.1. The number of anilines is 1. The molecule has 0 atom stereocenters. The fourth-order valence-electron chi connectivity index (χ4n) is 2.22. The summed E-state index contributed by atoms with van der Waals surface area (Å²) < 4.78 is 67.6. The van der Waals surface area contributed by atoms with E-state index in [0.29, 0.717) is 16.9 Å². The monoisotopic (exact) mass is 429 g/mol. The van der Waals surface area contributed by atoms with Crippen LogP contribution in [0.2, 0.25) is 0 Å². The van der Waals surface area contributed by atoms with E-state index in [1.165, 1.54) is 24.3 Å². The molecular formula is C16H19N3O7S2. The van der Waals surface area contributed by atoms with Gasteiger partial charge >= 0.3 is 0 Å². The van der Waals surface area contributed by atoms with E-state index in [1.807, 2.05) is 0 Å². The van der Waals surface area contributed by atoms with Crippen LogP contribution in [-0.2, 0) is 20.2 Å². The Morgan fingerprint density at radius 3 is 2.32 bits per heavy atom. The van der Waals surface area contributed by atoms with Crippen molar-refractivity contribution in [3.63, 3.8) is 0 Å². The molecule has 0 aliphatic rings. The molecule has 2 rings (SSSR count). The summed E-state index contributed by atoms with van der Waals surface area (Å²) in [6.45, 7) is 1.71. The lowest BCUT2D eigenvalue weighted by Crippen LogP contribution is -2.09. The van der Waals surface area contributed by atoms with Crippen molar-refractivity contribution in [2.75, 3.05) is 18.1 Å². The molecule has 0 amide bonds. The Balaban J connectivity index is 2.24. The molecule has 28 heavy (non-hydrogen) atoms. The van der Waals surface area contributed by atoms with Gasteiger partial charge in [0.2, 0.25) is 0 Å². The summed E-state index contributed by atoms with van der Waals surface area (Å²) in [6.07, 6.45) is 0.0603. The van der Waals surface area contributed by atoms with Crippen LogP contribution in [-0.4, -0.2) is 38.3 Å². The predicted octanol–water partition coefficient (Wildman–Crippen LogP) is 2.90. The molecule has 0 heterocycles. The highest BCUT2D eigenvalue weighted by atomic mass is 32.2. The van der Waals surface area contributed by atoms with Gasteiger partial charge in [0.1, 0.15) is 16.3 Å². The van der Waals surface area contributed by atoms with Crippen LogP contribution in [0.5, 0.6) is 5.75 Å². The van der Waals surface area contributed by atoms with Crippen molar-refractivity contribution in [2.45, 2.75) is 18.2 Å². The van der Waals surface area contributed by atoms with E-state index in [2.05, 4.69) is 10.2 Å². The second kappa shape index (κ2) is 8.65. The van der Waals surface area contributed by atoms with Gasteiger partial charge in [-0.15, -0.1) is 5.11 Å². The number of hydrogen-bond donors (Lipinski definition) is 3. The summed E-state index contributed by atoms with van der Waals surface area (Å²) in [4.78, 5) is -0.381. The van der Waals surface area contributed by atoms with Crippen molar-refractivity contribution >= 4 is 37.3 Å². The number of aryl methyl sites for hydroxylation is 1.